The molecule has 0 saturated carbocycles. The van der Waals surface area contributed by atoms with E-state index in [1.165, 1.54) is 6.92 Å². The highest BCUT2D eigenvalue weighted by atomic mass is 16.5. The smallest absolute Gasteiger partial charge is 0.333 e. The van der Waals surface area contributed by atoms with Crippen molar-refractivity contribution in [1.29, 1.82) is 0 Å². The monoisotopic (exact) mass is 248 g/mol. The Balaban J connectivity index is 4.22. The molecule has 0 bridgehead atoms. The second-order valence-electron chi connectivity index (χ2n) is 3.55. The topological polar surface area (TPSA) is 124 Å². The van der Waals surface area contributed by atoms with Crippen LogP contribution in [0, 0.1) is 0 Å². The van der Waals surface area contributed by atoms with Gasteiger partial charge in [-0.25, -0.2) is 4.79 Å². The first-order valence-corrected chi connectivity index (χ1v) is 4.81. The van der Waals surface area contributed by atoms with Crippen LogP contribution < -0.4 is 0 Å². The number of aliphatic hydroxyl groups is 4. The van der Waals surface area contributed by atoms with E-state index in [0.717, 1.165) is 0 Å². The Kier molecular flexibility index (Phi) is 6.59. The number of carbonyl (C=O) groups is 2. The molecule has 0 heterocycles. The van der Waals surface area contributed by atoms with E-state index in [2.05, 4.69) is 11.3 Å². The Bertz CT molecular complexity index is 288. The Morgan fingerprint density at radius 1 is 1.29 bits per heavy atom. The molecule has 4 atom stereocenters. The molecule has 98 valence electrons. The fraction of sp³-hybridized carbons (Fsp3) is 0.600. The second kappa shape index (κ2) is 7.13. The van der Waals surface area contributed by atoms with Crippen LogP contribution in [0.15, 0.2) is 12.2 Å². The number of hydrogen-bond acceptors (Lipinski definition) is 7. The Morgan fingerprint density at radius 3 is 2.24 bits per heavy atom. The van der Waals surface area contributed by atoms with Crippen LogP contribution in [-0.4, -0.2) is 63.7 Å². The molecule has 0 aliphatic heterocycles. The van der Waals surface area contributed by atoms with Crippen LogP contribution in [0.1, 0.15) is 6.92 Å². The lowest BCUT2D eigenvalue weighted by Gasteiger charge is -2.23. The molecule has 0 aliphatic rings. The van der Waals surface area contributed by atoms with E-state index < -0.39 is 37.0 Å². The standard InChI is InChI=1S/C10H16O7/c1-5(2)10(16)17-4-7(13)9(15)8(14)6(12)3-11/h3,6-9,12-15H,1,4H2,2H3/t6-,7+,8+,9-/m0/s1. The summed E-state index contributed by atoms with van der Waals surface area (Å²) in [7, 11) is 0. The van der Waals surface area contributed by atoms with Gasteiger partial charge in [-0.2, -0.15) is 0 Å². The van der Waals surface area contributed by atoms with Gasteiger partial charge in [-0.3, -0.25) is 0 Å². The van der Waals surface area contributed by atoms with Gasteiger partial charge in [0, 0.05) is 5.57 Å². The SMILES string of the molecule is C=C(C)C(=O)OC[C@@H](O)[C@H](O)[C@H](O)[C@@H](O)C=O. The highest BCUT2D eigenvalue weighted by molar-refractivity contribution is 5.86. The first-order valence-electron chi connectivity index (χ1n) is 4.81. The highest BCUT2D eigenvalue weighted by Crippen LogP contribution is 2.05. The Hall–Kier alpha value is -1.28. The third kappa shape index (κ3) is 5.05. The summed E-state index contributed by atoms with van der Waals surface area (Å²) < 4.78 is 4.52. The van der Waals surface area contributed by atoms with Gasteiger partial charge in [-0.15, -0.1) is 0 Å². The number of aldehydes is 1. The van der Waals surface area contributed by atoms with Crippen molar-refractivity contribution < 1.29 is 34.8 Å². The molecule has 0 aromatic rings. The summed E-state index contributed by atoms with van der Waals surface area (Å²) in [6.45, 7) is 4.11. The van der Waals surface area contributed by atoms with Gasteiger partial charge in [0.05, 0.1) is 0 Å². The molecule has 7 nitrogen and oxygen atoms in total. The molecule has 0 saturated heterocycles. The van der Waals surface area contributed by atoms with Crippen LogP contribution in [0.4, 0.5) is 0 Å². The number of carbonyl (C=O) groups excluding carboxylic acids is 2. The average molecular weight is 248 g/mol. The lowest BCUT2D eigenvalue weighted by Crippen LogP contribution is -2.46. The minimum atomic E-state index is -1.86. The molecule has 4 N–H and O–H groups in total. The van der Waals surface area contributed by atoms with Crippen LogP contribution in [0.5, 0.6) is 0 Å². The van der Waals surface area contributed by atoms with E-state index in [0.29, 0.717) is 0 Å². The van der Waals surface area contributed by atoms with Crippen molar-refractivity contribution in [2.75, 3.05) is 6.61 Å². The molecule has 7 heteroatoms. The molecular weight excluding hydrogens is 232 g/mol. The van der Waals surface area contributed by atoms with Crippen LogP contribution in [0.2, 0.25) is 0 Å². The maximum absolute atomic E-state index is 10.9. The van der Waals surface area contributed by atoms with Crippen molar-refractivity contribution >= 4 is 12.3 Å². The molecule has 0 amide bonds. The van der Waals surface area contributed by atoms with Crippen molar-refractivity contribution in [3.8, 4) is 0 Å². The molecule has 0 aliphatic carbocycles. The van der Waals surface area contributed by atoms with Gasteiger partial charge in [-0.05, 0) is 6.92 Å². The average Bonchev–Trinajstić information content (AvgIpc) is 2.32. The van der Waals surface area contributed by atoms with Gasteiger partial charge in [-0.1, -0.05) is 6.58 Å². The first kappa shape index (κ1) is 15.7. The normalized spacial score (nSPS) is 17.7. The Morgan fingerprint density at radius 2 is 1.82 bits per heavy atom. The number of hydrogen-bond donors (Lipinski definition) is 4. The van der Waals surface area contributed by atoms with Crippen LogP contribution in [-0.2, 0) is 14.3 Å². The Labute approximate surface area is 97.9 Å². The van der Waals surface area contributed by atoms with Gasteiger partial charge in [0.1, 0.15) is 31.0 Å². The molecule has 0 aromatic carbocycles. The number of aliphatic hydroxyl groups excluding tert-OH is 4. The zero-order valence-electron chi connectivity index (χ0n) is 9.31. The number of ether oxygens (including phenoxy) is 1. The van der Waals surface area contributed by atoms with Crippen molar-refractivity contribution in [3.05, 3.63) is 12.2 Å². The predicted octanol–water partition coefficient (Wildman–Crippen LogP) is -2.25. The van der Waals surface area contributed by atoms with Gasteiger partial charge >= 0.3 is 5.97 Å². The van der Waals surface area contributed by atoms with Gasteiger partial charge in [0.25, 0.3) is 0 Å². The lowest BCUT2D eigenvalue weighted by molar-refractivity contribution is -0.152. The number of esters is 1. The van der Waals surface area contributed by atoms with E-state index in [4.69, 9.17) is 5.11 Å². The second-order valence-corrected chi connectivity index (χ2v) is 3.55. The predicted molar refractivity (Wildman–Crippen MR) is 55.9 cm³/mol. The fourth-order valence-electron chi connectivity index (χ4n) is 0.893. The minimum absolute atomic E-state index is 0.0144. The summed E-state index contributed by atoms with van der Waals surface area (Å²) in [6.07, 6.45) is -7.10. The molecule has 0 aromatic heterocycles. The molecule has 0 spiro atoms. The molecule has 0 unspecified atom stereocenters. The van der Waals surface area contributed by atoms with E-state index in [9.17, 15) is 24.9 Å². The molecular formula is C10H16O7. The third-order valence-electron chi connectivity index (χ3n) is 1.97. The maximum atomic E-state index is 10.9. The maximum Gasteiger partial charge on any atom is 0.333 e. The third-order valence-corrected chi connectivity index (χ3v) is 1.97. The lowest BCUT2D eigenvalue weighted by atomic mass is 10.0. The summed E-state index contributed by atoms with van der Waals surface area (Å²) in [5, 5.41) is 36.7. The fourth-order valence-corrected chi connectivity index (χ4v) is 0.893. The number of rotatable bonds is 7. The summed E-state index contributed by atoms with van der Waals surface area (Å²) in [4.78, 5) is 21.1. The zero-order valence-corrected chi connectivity index (χ0v) is 9.31. The molecule has 17 heavy (non-hydrogen) atoms. The van der Waals surface area contributed by atoms with E-state index >= 15 is 0 Å². The van der Waals surface area contributed by atoms with Gasteiger partial charge in [0.15, 0.2) is 6.29 Å². The quantitative estimate of drug-likeness (QED) is 0.228. The van der Waals surface area contributed by atoms with E-state index in [-0.39, 0.29) is 11.9 Å². The van der Waals surface area contributed by atoms with E-state index in [1.54, 1.807) is 0 Å². The minimum Gasteiger partial charge on any atom is -0.459 e. The molecule has 0 radical (unpaired) electrons. The summed E-state index contributed by atoms with van der Waals surface area (Å²) in [5.41, 5.74) is 0.111. The zero-order chi connectivity index (χ0) is 13.6. The largest absolute Gasteiger partial charge is 0.459 e. The van der Waals surface area contributed by atoms with Crippen molar-refractivity contribution in [1.82, 2.24) is 0 Å². The van der Waals surface area contributed by atoms with E-state index in [1.807, 2.05) is 0 Å². The van der Waals surface area contributed by atoms with Crippen LogP contribution in [0.25, 0.3) is 0 Å². The van der Waals surface area contributed by atoms with Crippen LogP contribution in [0.3, 0.4) is 0 Å². The van der Waals surface area contributed by atoms with Crippen LogP contribution >= 0.6 is 0 Å². The van der Waals surface area contributed by atoms with Crippen molar-refractivity contribution in [2.24, 2.45) is 0 Å². The first-order chi connectivity index (χ1) is 7.81. The summed E-state index contributed by atoms with van der Waals surface area (Å²) in [6, 6.07) is 0. The highest BCUT2D eigenvalue weighted by Gasteiger charge is 2.30. The molecule has 0 fully saturated rings. The summed E-state index contributed by atoms with van der Waals surface area (Å²) in [5.74, 6) is -0.762. The van der Waals surface area contributed by atoms with Gasteiger partial charge in [0.2, 0.25) is 0 Å². The van der Waals surface area contributed by atoms with Gasteiger partial charge < -0.3 is 30.0 Å². The molecule has 0 rings (SSSR count). The van der Waals surface area contributed by atoms with Crippen molar-refractivity contribution in [3.63, 3.8) is 0 Å². The summed E-state index contributed by atoms with van der Waals surface area (Å²) >= 11 is 0. The van der Waals surface area contributed by atoms with Crippen molar-refractivity contribution in [2.45, 2.75) is 31.3 Å².